The minimum Gasteiger partial charge on any atom is -0.263 e. The van der Waals surface area contributed by atoms with Crippen LogP contribution in [0.5, 0.6) is 0 Å². The summed E-state index contributed by atoms with van der Waals surface area (Å²) in [5, 5.41) is 0. The normalized spacial score (nSPS) is 15.7. The Bertz CT molecular complexity index is 528. The molecule has 0 spiro atoms. The Balaban J connectivity index is 0.00000484. The number of benzene rings is 1. The van der Waals surface area contributed by atoms with Crippen molar-refractivity contribution in [3.05, 3.63) is 30.3 Å². The van der Waals surface area contributed by atoms with E-state index in [1.807, 2.05) is 6.92 Å². The average molecular weight is 349 g/mol. The fraction of sp³-hybridized carbons (Fsp3) is 0.667. The van der Waals surface area contributed by atoms with Gasteiger partial charge in [-0.05, 0) is 56.1 Å². The van der Waals surface area contributed by atoms with Crippen LogP contribution >= 0.6 is 0 Å². The summed E-state index contributed by atoms with van der Waals surface area (Å²) in [6, 6.07) is 8.33. The Morgan fingerprint density at radius 3 is 1.91 bits per heavy atom. The average Bonchev–Trinajstić information content (AvgIpc) is 2.37. The van der Waals surface area contributed by atoms with E-state index in [0.717, 1.165) is 12.8 Å². The van der Waals surface area contributed by atoms with Crippen LogP contribution in [-0.2, 0) is 14.3 Å². The molecule has 0 aliphatic rings. The fourth-order valence-corrected chi connectivity index (χ4v) is 4.26. The van der Waals surface area contributed by atoms with Crippen LogP contribution in [-0.4, -0.2) is 44.1 Å². The molecule has 0 saturated carbocycles. The summed E-state index contributed by atoms with van der Waals surface area (Å²) in [7, 11) is -3.65. The van der Waals surface area contributed by atoms with Gasteiger partial charge in [-0.15, -0.1) is 0 Å². The van der Waals surface area contributed by atoms with Crippen LogP contribution in [0.15, 0.2) is 35.2 Å². The molecule has 1 aromatic carbocycles. The molecule has 0 aliphatic carbocycles. The second-order valence-corrected chi connectivity index (χ2v) is 8.56. The van der Waals surface area contributed by atoms with Crippen molar-refractivity contribution in [3.8, 4) is 0 Å². The molecule has 0 N–H and O–H groups in total. The van der Waals surface area contributed by atoms with Gasteiger partial charge in [0.2, 0.25) is 0 Å². The van der Waals surface area contributed by atoms with Gasteiger partial charge in [-0.25, -0.2) is 0 Å². The molecule has 0 amide bonds. The maximum absolute atomic E-state index is 12.2. The third-order valence-corrected chi connectivity index (χ3v) is 5.17. The molecular formula is C18H30NaO3S. The van der Waals surface area contributed by atoms with Crippen LogP contribution in [0.25, 0.3) is 0 Å². The first-order valence-corrected chi connectivity index (χ1v) is 9.59. The summed E-state index contributed by atoms with van der Waals surface area (Å²) in [5.74, 6) is 1.82. The molecule has 0 saturated heterocycles. The fourth-order valence-electron chi connectivity index (χ4n) is 3.15. The zero-order valence-electron chi connectivity index (χ0n) is 15.5. The van der Waals surface area contributed by atoms with Crippen molar-refractivity contribution in [3.63, 3.8) is 0 Å². The molecular weight excluding hydrogens is 319 g/mol. The van der Waals surface area contributed by atoms with Gasteiger partial charge in [0.1, 0.15) is 0 Å². The summed E-state index contributed by atoms with van der Waals surface area (Å²) in [6.07, 6.45) is 2.78. The van der Waals surface area contributed by atoms with Crippen molar-refractivity contribution < 1.29 is 12.6 Å². The third-order valence-electron chi connectivity index (χ3n) is 3.74. The molecule has 5 heteroatoms. The largest absolute Gasteiger partial charge is 0.297 e. The quantitative estimate of drug-likeness (QED) is 0.487. The molecule has 23 heavy (non-hydrogen) atoms. The van der Waals surface area contributed by atoms with Gasteiger partial charge >= 0.3 is 0 Å². The Hall–Kier alpha value is 0.130. The van der Waals surface area contributed by atoms with E-state index in [4.69, 9.17) is 4.18 Å². The van der Waals surface area contributed by atoms with Crippen molar-refractivity contribution in [2.75, 3.05) is 0 Å². The molecule has 127 valence electrons. The van der Waals surface area contributed by atoms with E-state index in [-0.39, 0.29) is 40.6 Å². The van der Waals surface area contributed by atoms with E-state index < -0.39 is 10.1 Å². The van der Waals surface area contributed by atoms with E-state index in [1.54, 1.807) is 30.3 Å². The summed E-state index contributed by atoms with van der Waals surface area (Å²) in [6.45, 7) is 10.7. The SMILES string of the molecule is CC(C)CC(C)CC(C)CC(C)OS(=O)(=O)c1ccccc1.[Na]. The summed E-state index contributed by atoms with van der Waals surface area (Å²) in [5.41, 5.74) is 0. The molecule has 3 atom stereocenters. The molecule has 1 aromatic rings. The van der Waals surface area contributed by atoms with Crippen molar-refractivity contribution in [2.45, 2.75) is 64.9 Å². The van der Waals surface area contributed by atoms with Crippen molar-refractivity contribution in [1.29, 1.82) is 0 Å². The zero-order valence-corrected chi connectivity index (χ0v) is 18.3. The molecule has 3 unspecified atom stereocenters. The van der Waals surface area contributed by atoms with Gasteiger partial charge in [-0.1, -0.05) is 45.9 Å². The Morgan fingerprint density at radius 1 is 0.870 bits per heavy atom. The molecule has 0 aromatic heterocycles. The molecule has 1 rings (SSSR count). The zero-order chi connectivity index (χ0) is 16.8. The maximum atomic E-state index is 12.2. The van der Waals surface area contributed by atoms with Gasteiger partial charge in [-0.2, -0.15) is 8.42 Å². The van der Waals surface area contributed by atoms with Gasteiger partial charge in [0.15, 0.2) is 0 Å². The standard InChI is InChI=1S/C18H30O3S.Na/c1-14(2)11-15(3)12-16(4)13-17(5)21-22(19,20)18-9-7-6-8-10-18;/h6-10,14-17H,11-13H2,1-5H3;. The van der Waals surface area contributed by atoms with Crippen molar-refractivity contribution >= 4 is 39.7 Å². The van der Waals surface area contributed by atoms with Crippen LogP contribution in [0.4, 0.5) is 0 Å². The Morgan fingerprint density at radius 2 is 1.39 bits per heavy atom. The van der Waals surface area contributed by atoms with Crippen molar-refractivity contribution in [1.82, 2.24) is 0 Å². The van der Waals surface area contributed by atoms with Gasteiger partial charge < -0.3 is 0 Å². The third kappa shape index (κ3) is 9.25. The van der Waals surface area contributed by atoms with Crippen LogP contribution in [0, 0.1) is 17.8 Å². The molecule has 0 aliphatic heterocycles. The molecule has 1 radical (unpaired) electrons. The molecule has 0 fully saturated rings. The molecule has 3 nitrogen and oxygen atoms in total. The van der Waals surface area contributed by atoms with E-state index >= 15 is 0 Å². The van der Waals surface area contributed by atoms with Crippen LogP contribution < -0.4 is 0 Å². The van der Waals surface area contributed by atoms with Gasteiger partial charge in [0.25, 0.3) is 10.1 Å². The number of hydrogen-bond acceptors (Lipinski definition) is 3. The van der Waals surface area contributed by atoms with Gasteiger partial charge in [-0.3, -0.25) is 4.18 Å². The summed E-state index contributed by atoms with van der Waals surface area (Å²) < 4.78 is 29.7. The van der Waals surface area contributed by atoms with E-state index in [2.05, 4.69) is 27.7 Å². The number of rotatable bonds is 9. The predicted molar refractivity (Wildman–Crippen MR) is 96.9 cm³/mol. The predicted octanol–water partition coefficient (Wildman–Crippen LogP) is 4.50. The summed E-state index contributed by atoms with van der Waals surface area (Å²) >= 11 is 0. The second-order valence-electron chi connectivity index (χ2n) is 6.99. The van der Waals surface area contributed by atoms with Gasteiger partial charge in [0, 0.05) is 29.6 Å². The monoisotopic (exact) mass is 349 g/mol. The smallest absolute Gasteiger partial charge is 0.263 e. The summed E-state index contributed by atoms with van der Waals surface area (Å²) in [4.78, 5) is 0.225. The first-order valence-electron chi connectivity index (χ1n) is 8.19. The minimum absolute atomic E-state index is 0. The van der Waals surface area contributed by atoms with Gasteiger partial charge in [0.05, 0.1) is 11.0 Å². The van der Waals surface area contributed by atoms with E-state index in [1.165, 1.54) is 6.42 Å². The van der Waals surface area contributed by atoms with Crippen LogP contribution in [0.1, 0.15) is 53.9 Å². The second kappa shape index (κ2) is 10.9. The van der Waals surface area contributed by atoms with E-state index in [0.29, 0.717) is 17.8 Å². The topological polar surface area (TPSA) is 43.4 Å². The first-order chi connectivity index (χ1) is 10.2. The van der Waals surface area contributed by atoms with E-state index in [9.17, 15) is 8.42 Å². The Kier molecular flexibility index (Phi) is 10.9. The van der Waals surface area contributed by atoms with Crippen LogP contribution in [0.3, 0.4) is 0 Å². The Labute approximate surface area is 164 Å². The van der Waals surface area contributed by atoms with Crippen LogP contribution in [0.2, 0.25) is 0 Å². The number of hydrogen-bond donors (Lipinski definition) is 0. The molecule has 0 heterocycles. The minimum atomic E-state index is -3.65. The first kappa shape index (κ1) is 23.1. The molecule has 0 bridgehead atoms. The maximum Gasteiger partial charge on any atom is 0.297 e. The van der Waals surface area contributed by atoms with Crippen molar-refractivity contribution in [2.24, 2.45) is 17.8 Å².